The van der Waals surface area contributed by atoms with Crippen LogP contribution in [-0.4, -0.2) is 4.55 Å². The van der Waals surface area contributed by atoms with Gasteiger partial charge >= 0.3 is 0 Å². The largest absolute Gasteiger partial charge is 0.326 e. The van der Waals surface area contributed by atoms with E-state index in [1.165, 1.54) is 0 Å². The first-order chi connectivity index (χ1) is 5.92. The van der Waals surface area contributed by atoms with Crippen LogP contribution in [0.2, 0.25) is 0 Å². The standard InChI is InChI=1S/C10H10OS/c11-12-10-7-3-5-8-4-1-2-6-9(8)10/h1-9,11H. The Hall–Kier alpha value is -0.730. The molecule has 1 nitrogen and oxygen atoms in total. The highest BCUT2D eigenvalue weighted by molar-refractivity contribution is 7.97. The highest BCUT2D eigenvalue weighted by Gasteiger charge is 2.22. The second-order valence-electron chi connectivity index (χ2n) is 2.92. The van der Waals surface area contributed by atoms with Crippen LogP contribution < -0.4 is 0 Å². The fourth-order valence-corrected chi connectivity index (χ4v) is 2.07. The van der Waals surface area contributed by atoms with Gasteiger partial charge in [-0.2, -0.15) is 0 Å². The lowest BCUT2D eigenvalue weighted by Gasteiger charge is -2.24. The molecule has 0 amide bonds. The summed E-state index contributed by atoms with van der Waals surface area (Å²) in [7, 11) is 0. The molecule has 0 heterocycles. The van der Waals surface area contributed by atoms with Gasteiger partial charge in [-0.3, -0.25) is 0 Å². The molecule has 0 saturated carbocycles. The second kappa shape index (κ2) is 3.33. The van der Waals surface area contributed by atoms with Gasteiger partial charge in [-0.05, 0) is 0 Å². The number of rotatable bonds is 1. The summed E-state index contributed by atoms with van der Waals surface area (Å²) in [4.78, 5) is 1.03. The van der Waals surface area contributed by atoms with Crippen LogP contribution >= 0.6 is 12.0 Å². The van der Waals surface area contributed by atoms with Crippen molar-refractivity contribution in [2.45, 2.75) is 0 Å². The van der Waals surface area contributed by atoms with Crippen molar-refractivity contribution in [3.63, 3.8) is 0 Å². The minimum absolute atomic E-state index is 0.356. The van der Waals surface area contributed by atoms with Gasteiger partial charge in [0.2, 0.25) is 0 Å². The first-order valence-corrected chi connectivity index (χ1v) is 4.74. The number of hydrogen-bond donors (Lipinski definition) is 1. The van der Waals surface area contributed by atoms with Gasteiger partial charge in [0.15, 0.2) is 0 Å². The Bertz CT molecular complexity index is 286. The molecular formula is C10H10OS. The molecule has 2 aliphatic carbocycles. The summed E-state index contributed by atoms with van der Waals surface area (Å²) in [6, 6.07) is 0. The Morgan fingerprint density at radius 2 is 1.83 bits per heavy atom. The van der Waals surface area contributed by atoms with Gasteiger partial charge < -0.3 is 4.55 Å². The van der Waals surface area contributed by atoms with E-state index in [0.29, 0.717) is 11.8 Å². The topological polar surface area (TPSA) is 20.2 Å². The van der Waals surface area contributed by atoms with Crippen molar-refractivity contribution in [2.24, 2.45) is 11.8 Å². The predicted octanol–water partition coefficient (Wildman–Crippen LogP) is 3.00. The minimum atomic E-state index is 0.356. The summed E-state index contributed by atoms with van der Waals surface area (Å²) in [5.74, 6) is 0.796. The monoisotopic (exact) mass is 178 g/mol. The van der Waals surface area contributed by atoms with E-state index in [2.05, 4.69) is 24.3 Å². The quantitative estimate of drug-likeness (QED) is 0.623. The molecule has 0 spiro atoms. The summed E-state index contributed by atoms with van der Waals surface area (Å²) in [6.07, 6.45) is 14.5. The zero-order valence-corrected chi connectivity index (χ0v) is 7.37. The maximum Gasteiger partial charge on any atom is 0.0206 e. The van der Waals surface area contributed by atoms with Gasteiger partial charge in [-0.15, -0.1) is 0 Å². The van der Waals surface area contributed by atoms with Gasteiger partial charge in [-0.25, -0.2) is 0 Å². The first kappa shape index (κ1) is 7.90. The van der Waals surface area contributed by atoms with E-state index < -0.39 is 0 Å². The van der Waals surface area contributed by atoms with E-state index in [1.54, 1.807) is 0 Å². The summed E-state index contributed by atoms with van der Waals surface area (Å²) < 4.78 is 8.99. The Kier molecular flexibility index (Phi) is 2.19. The molecule has 2 atom stereocenters. The Morgan fingerprint density at radius 3 is 2.67 bits per heavy atom. The highest BCUT2D eigenvalue weighted by atomic mass is 32.2. The minimum Gasteiger partial charge on any atom is -0.326 e. The van der Waals surface area contributed by atoms with Crippen molar-refractivity contribution in [3.05, 3.63) is 47.4 Å². The molecule has 0 fully saturated rings. The van der Waals surface area contributed by atoms with Gasteiger partial charge in [0.25, 0.3) is 0 Å². The number of hydrogen-bond acceptors (Lipinski definition) is 2. The lowest BCUT2D eigenvalue weighted by molar-refractivity contribution is 0.625. The average Bonchev–Trinajstić information content (AvgIpc) is 2.17. The molecule has 0 aromatic rings. The molecule has 0 aromatic carbocycles. The van der Waals surface area contributed by atoms with E-state index in [1.807, 2.05) is 18.2 Å². The van der Waals surface area contributed by atoms with Crippen LogP contribution in [-0.2, 0) is 0 Å². The van der Waals surface area contributed by atoms with Crippen molar-refractivity contribution in [3.8, 4) is 0 Å². The molecule has 2 rings (SSSR count). The third-order valence-electron chi connectivity index (χ3n) is 2.21. The number of fused-ring (bicyclic) bond motifs is 1. The van der Waals surface area contributed by atoms with Crippen molar-refractivity contribution >= 4 is 12.0 Å². The molecule has 1 N–H and O–H groups in total. The van der Waals surface area contributed by atoms with E-state index in [4.69, 9.17) is 4.55 Å². The Labute approximate surface area is 76.4 Å². The molecule has 2 aliphatic rings. The van der Waals surface area contributed by atoms with Crippen molar-refractivity contribution in [2.75, 3.05) is 0 Å². The molecular weight excluding hydrogens is 168 g/mol. The normalized spacial score (nSPS) is 31.6. The summed E-state index contributed by atoms with van der Waals surface area (Å²) in [6.45, 7) is 0. The molecule has 2 unspecified atom stereocenters. The van der Waals surface area contributed by atoms with E-state index in [-0.39, 0.29) is 0 Å². The zero-order valence-electron chi connectivity index (χ0n) is 6.55. The van der Waals surface area contributed by atoms with Crippen LogP contribution in [0.3, 0.4) is 0 Å². The molecule has 0 aliphatic heterocycles. The van der Waals surface area contributed by atoms with Crippen LogP contribution in [0.25, 0.3) is 0 Å². The summed E-state index contributed by atoms with van der Waals surface area (Å²) >= 11 is 0.856. The maximum absolute atomic E-state index is 8.99. The molecule has 0 bridgehead atoms. The second-order valence-corrected chi connectivity index (χ2v) is 3.57. The highest BCUT2D eigenvalue weighted by Crippen LogP contribution is 2.35. The van der Waals surface area contributed by atoms with Crippen LogP contribution in [0.4, 0.5) is 0 Å². The third kappa shape index (κ3) is 1.28. The molecule has 0 aromatic heterocycles. The summed E-state index contributed by atoms with van der Waals surface area (Å²) in [5.41, 5.74) is 0. The van der Waals surface area contributed by atoms with Crippen LogP contribution in [0, 0.1) is 11.8 Å². The van der Waals surface area contributed by atoms with Gasteiger partial charge in [0.1, 0.15) is 0 Å². The predicted molar refractivity (Wildman–Crippen MR) is 52.7 cm³/mol. The van der Waals surface area contributed by atoms with Crippen LogP contribution in [0.15, 0.2) is 47.4 Å². The Balaban J connectivity index is 2.28. The molecule has 62 valence electrons. The zero-order chi connectivity index (χ0) is 8.39. The average molecular weight is 178 g/mol. The van der Waals surface area contributed by atoms with E-state index >= 15 is 0 Å². The molecule has 12 heavy (non-hydrogen) atoms. The lowest BCUT2D eigenvalue weighted by atomic mass is 9.85. The van der Waals surface area contributed by atoms with E-state index in [0.717, 1.165) is 16.9 Å². The van der Waals surface area contributed by atoms with Gasteiger partial charge in [0, 0.05) is 28.8 Å². The fourth-order valence-electron chi connectivity index (χ4n) is 1.57. The summed E-state index contributed by atoms with van der Waals surface area (Å²) in [5, 5.41) is 0. The van der Waals surface area contributed by atoms with Crippen LogP contribution in [0.5, 0.6) is 0 Å². The lowest BCUT2D eigenvalue weighted by Crippen LogP contribution is -2.13. The maximum atomic E-state index is 8.99. The Morgan fingerprint density at radius 1 is 1.08 bits per heavy atom. The van der Waals surface area contributed by atoms with Crippen LogP contribution in [0.1, 0.15) is 0 Å². The smallest absolute Gasteiger partial charge is 0.0206 e. The van der Waals surface area contributed by atoms with Crippen molar-refractivity contribution < 1.29 is 4.55 Å². The van der Waals surface area contributed by atoms with Crippen molar-refractivity contribution in [1.82, 2.24) is 0 Å². The first-order valence-electron chi connectivity index (χ1n) is 3.96. The molecule has 0 radical (unpaired) electrons. The van der Waals surface area contributed by atoms with Crippen molar-refractivity contribution in [1.29, 1.82) is 0 Å². The molecule has 0 saturated heterocycles. The SMILES string of the molecule is OSC1=CC=CC2C=CC=CC12. The molecule has 2 heteroatoms. The number of allylic oxidation sites excluding steroid dienone is 8. The third-order valence-corrected chi connectivity index (χ3v) is 2.82. The van der Waals surface area contributed by atoms with Gasteiger partial charge in [0.05, 0.1) is 0 Å². The fraction of sp³-hybridized carbons (Fsp3) is 0.200. The van der Waals surface area contributed by atoms with E-state index in [9.17, 15) is 0 Å². The van der Waals surface area contributed by atoms with Gasteiger partial charge in [-0.1, -0.05) is 42.5 Å².